The molecular weight excluding hydrogens is 318 g/mol. The van der Waals surface area contributed by atoms with Crippen LogP contribution in [0.5, 0.6) is 11.5 Å². The molecule has 0 saturated carbocycles. The quantitative estimate of drug-likeness (QED) is 0.802. The van der Waals surface area contributed by atoms with Crippen molar-refractivity contribution in [1.29, 1.82) is 0 Å². The van der Waals surface area contributed by atoms with Gasteiger partial charge >= 0.3 is 5.63 Å². The molecule has 1 aromatic heterocycles. The molecule has 1 aromatic carbocycles. The van der Waals surface area contributed by atoms with Crippen molar-refractivity contribution in [2.24, 2.45) is 0 Å². The number of methoxy groups -OCH3 is 1. The molecule has 0 spiro atoms. The molecule has 130 valence electrons. The number of benzene rings is 1. The summed E-state index contributed by atoms with van der Waals surface area (Å²) in [5.41, 5.74) is 1.30. The monoisotopic (exact) mass is 339 g/mol. The number of anilines is 1. The first-order valence-electron chi connectivity index (χ1n) is 8.53. The van der Waals surface area contributed by atoms with Crippen LogP contribution in [0, 0.1) is 6.92 Å². The molecule has 0 fully saturated rings. The Bertz CT molecular complexity index is 853. The molecule has 2 aliphatic rings. The van der Waals surface area contributed by atoms with Crippen molar-refractivity contribution in [2.45, 2.75) is 38.5 Å². The van der Waals surface area contributed by atoms with Crippen LogP contribution in [0.2, 0.25) is 0 Å². The molecule has 0 unspecified atom stereocenters. The van der Waals surface area contributed by atoms with E-state index in [0.717, 1.165) is 24.2 Å². The Morgan fingerprint density at radius 3 is 2.84 bits per heavy atom. The number of allylic oxidation sites excluding steroid dienone is 1. The fourth-order valence-electron chi connectivity index (χ4n) is 3.60. The second kappa shape index (κ2) is 6.31. The summed E-state index contributed by atoms with van der Waals surface area (Å²) in [4.78, 5) is 14.7. The van der Waals surface area contributed by atoms with Gasteiger partial charge in [-0.15, -0.1) is 0 Å². The van der Waals surface area contributed by atoms with Crippen LogP contribution >= 0.6 is 0 Å². The predicted molar refractivity (Wildman–Crippen MR) is 95.5 cm³/mol. The Kier molecular flexibility index (Phi) is 3.99. The highest BCUT2D eigenvalue weighted by molar-refractivity contribution is 5.60. The second-order valence-electron chi connectivity index (χ2n) is 6.49. The van der Waals surface area contributed by atoms with Gasteiger partial charge in [0.25, 0.3) is 0 Å². The number of hydrogen-bond acceptors (Lipinski definition) is 5. The van der Waals surface area contributed by atoms with Gasteiger partial charge in [-0.3, -0.25) is 0 Å². The van der Waals surface area contributed by atoms with E-state index in [1.807, 2.05) is 24.3 Å². The van der Waals surface area contributed by atoms with Gasteiger partial charge in [0.15, 0.2) is 11.4 Å². The van der Waals surface area contributed by atoms with E-state index >= 15 is 0 Å². The molecule has 25 heavy (non-hydrogen) atoms. The molecule has 1 aliphatic carbocycles. The van der Waals surface area contributed by atoms with Gasteiger partial charge in [0.2, 0.25) is 0 Å². The average Bonchev–Trinajstić information content (AvgIpc) is 2.61. The SMILES string of the molecule is COc1ccc(CN2c3c(cc(C)oc3=O)O[C@@H]3C=CCC[C@@H]32)cc1. The fourth-order valence-corrected chi connectivity index (χ4v) is 3.60. The van der Waals surface area contributed by atoms with Crippen LogP contribution in [0.4, 0.5) is 5.69 Å². The zero-order chi connectivity index (χ0) is 17.4. The topological polar surface area (TPSA) is 51.9 Å². The summed E-state index contributed by atoms with van der Waals surface area (Å²) in [5.74, 6) is 1.99. The molecule has 0 N–H and O–H groups in total. The summed E-state index contributed by atoms with van der Waals surface area (Å²) in [6.45, 7) is 2.39. The Balaban J connectivity index is 1.75. The lowest BCUT2D eigenvalue weighted by Gasteiger charge is -2.43. The molecule has 2 aromatic rings. The van der Waals surface area contributed by atoms with Gasteiger partial charge < -0.3 is 18.8 Å². The van der Waals surface area contributed by atoms with E-state index in [9.17, 15) is 4.79 Å². The first-order chi connectivity index (χ1) is 12.2. The van der Waals surface area contributed by atoms with Crippen molar-refractivity contribution in [2.75, 3.05) is 12.0 Å². The maximum atomic E-state index is 12.5. The summed E-state index contributed by atoms with van der Waals surface area (Å²) in [7, 11) is 1.65. The largest absolute Gasteiger partial charge is 0.497 e. The summed E-state index contributed by atoms with van der Waals surface area (Å²) in [6.07, 6.45) is 6.14. The zero-order valence-electron chi connectivity index (χ0n) is 14.4. The third-order valence-corrected chi connectivity index (χ3v) is 4.81. The normalized spacial score (nSPS) is 21.3. The first-order valence-corrected chi connectivity index (χ1v) is 8.53. The Morgan fingerprint density at radius 2 is 2.08 bits per heavy atom. The van der Waals surface area contributed by atoms with Crippen molar-refractivity contribution in [3.63, 3.8) is 0 Å². The third kappa shape index (κ3) is 2.90. The number of hydrogen-bond donors (Lipinski definition) is 0. The van der Waals surface area contributed by atoms with Crippen molar-refractivity contribution in [3.05, 3.63) is 64.2 Å². The van der Waals surface area contributed by atoms with E-state index < -0.39 is 0 Å². The Hall–Kier alpha value is -2.69. The number of fused-ring (bicyclic) bond motifs is 2. The third-order valence-electron chi connectivity index (χ3n) is 4.81. The highest BCUT2D eigenvalue weighted by Gasteiger charge is 2.38. The molecule has 0 bridgehead atoms. The molecular formula is C20H21NO4. The molecule has 2 atom stereocenters. The van der Waals surface area contributed by atoms with E-state index in [-0.39, 0.29) is 17.8 Å². The smallest absolute Gasteiger partial charge is 0.363 e. The molecule has 0 saturated heterocycles. The molecule has 0 radical (unpaired) electrons. The molecule has 1 aliphatic heterocycles. The van der Waals surface area contributed by atoms with Crippen LogP contribution in [0.15, 0.2) is 51.7 Å². The van der Waals surface area contributed by atoms with E-state index in [1.54, 1.807) is 20.1 Å². The number of nitrogens with zero attached hydrogens (tertiary/aromatic N) is 1. The van der Waals surface area contributed by atoms with Crippen LogP contribution in [0.3, 0.4) is 0 Å². The summed E-state index contributed by atoms with van der Waals surface area (Å²) in [6, 6.07) is 9.86. The van der Waals surface area contributed by atoms with Gasteiger partial charge in [-0.2, -0.15) is 0 Å². The number of aryl methyl sites for hydroxylation is 1. The summed E-state index contributed by atoms with van der Waals surface area (Å²) < 4.78 is 16.7. The molecule has 4 rings (SSSR count). The predicted octanol–water partition coefficient (Wildman–Crippen LogP) is 3.44. The minimum absolute atomic E-state index is 0.0410. The van der Waals surface area contributed by atoms with Gasteiger partial charge in [0, 0.05) is 12.6 Å². The van der Waals surface area contributed by atoms with Crippen molar-refractivity contribution >= 4 is 5.69 Å². The van der Waals surface area contributed by atoms with Gasteiger partial charge in [-0.05, 0) is 43.5 Å². The van der Waals surface area contributed by atoms with Crippen LogP contribution in [0.25, 0.3) is 0 Å². The van der Waals surface area contributed by atoms with E-state index in [2.05, 4.69) is 17.1 Å². The summed E-state index contributed by atoms with van der Waals surface area (Å²) in [5, 5.41) is 0. The summed E-state index contributed by atoms with van der Waals surface area (Å²) >= 11 is 0. The van der Waals surface area contributed by atoms with Crippen LogP contribution in [-0.2, 0) is 6.54 Å². The van der Waals surface area contributed by atoms with Crippen molar-refractivity contribution < 1.29 is 13.9 Å². The Labute approximate surface area is 146 Å². The van der Waals surface area contributed by atoms with Gasteiger partial charge in [0.1, 0.15) is 17.6 Å². The number of ether oxygens (including phenoxy) is 2. The van der Waals surface area contributed by atoms with E-state index in [0.29, 0.717) is 23.7 Å². The van der Waals surface area contributed by atoms with Crippen molar-refractivity contribution in [1.82, 2.24) is 0 Å². The highest BCUT2D eigenvalue weighted by Crippen LogP contribution is 2.38. The van der Waals surface area contributed by atoms with Gasteiger partial charge in [0.05, 0.1) is 13.2 Å². The van der Waals surface area contributed by atoms with Crippen LogP contribution in [-0.4, -0.2) is 19.3 Å². The minimum Gasteiger partial charge on any atom is -0.497 e. The fraction of sp³-hybridized carbons (Fsp3) is 0.350. The first kappa shape index (κ1) is 15.8. The lowest BCUT2D eigenvalue weighted by Crippen LogP contribution is -2.51. The molecule has 5 nitrogen and oxygen atoms in total. The lowest BCUT2D eigenvalue weighted by atomic mass is 9.94. The maximum Gasteiger partial charge on any atom is 0.363 e. The molecule has 5 heteroatoms. The van der Waals surface area contributed by atoms with Gasteiger partial charge in [-0.25, -0.2) is 4.79 Å². The van der Waals surface area contributed by atoms with Crippen LogP contribution < -0.4 is 20.0 Å². The lowest BCUT2D eigenvalue weighted by molar-refractivity contribution is 0.178. The zero-order valence-corrected chi connectivity index (χ0v) is 14.4. The minimum atomic E-state index is -0.337. The average molecular weight is 339 g/mol. The standard InChI is InChI=1S/C20H21NO4/c1-13-11-18-19(20(22)24-13)21(16-5-3-4-6-17(16)25-18)12-14-7-9-15(23-2)10-8-14/h4,6-11,16-17H,3,5,12H2,1-2H3/t16-,17+/m0/s1. The van der Waals surface area contributed by atoms with Gasteiger partial charge in [-0.1, -0.05) is 18.2 Å². The second-order valence-corrected chi connectivity index (χ2v) is 6.49. The van der Waals surface area contributed by atoms with E-state index in [1.165, 1.54) is 0 Å². The van der Waals surface area contributed by atoms with Crippen LogP contribution in [0.1, 0.15) is 24.2 Å². The number of rotatable bonds is 3. The molecule has 2 heterocycles. The van der Waals surface area contributed by atoms with E-state index in [4.69, 9.17) is 13.9 Å². The van der Waals surface area contributed by atoms with Crippen molar-refractivity contribution in [3.8, 4) is 11.5 Å². The Morgan fingerprint density at radius 1 is 1.28 bits per heavy atom. The highest BCUT2D eigenvalue weighted by atomic mass is 16.5. The maximum absolute atomic E-state index is 12.5. The molecule has 0 amide bonds.